The molecule has 2 aromatic heterocycles. The van der Waals surface area contributed by atoms with E-state index in [-0.39, 0.29) is 39.7 Å². The van der Waals surface area contributed by atoms with Gasteiger partial charge in [-0.05, 0) is 77.9 Å². The molecule has 0 atom stereocenters. The van der Waals surface area contributed by atoms with Crippen molar-refractivity contribution in [2.45, 2.75) is 12.4 Å². The summed E-state index contributed by atoms with van der Waals surface area (Å²) in [6.45, 7) is 0. The summed E-state index contributed by atoms with van der Waals surface area (Å²) in [4.78, 5) is 14.8. The molecule has 0 radical (unpaired) electrons. The Hall–Kier alpha value is -9.89. The highest BCUT2D eigenvalue weighted by molar-refractivity contribution is 6.12. The fourth-order valence-electron chi connectivity index (χ4n) is 8.82. The Labute approximate surface area is 400 Å². The molecule has 71 heavy (non-hydrogen) atoms. The monoisotopic (exact) mass is 938 g/mol. The van der Waals surface area contributed by atoms with Crippen LogP contribution < -0.4 is 0 Å². The van der Waals surface area contributed by atoms with Crippen molar-refractivity contribution >= 4 is 21.8 Å². The zero-order chi connectivity index (χ0) is 49.6. The maximum atomic E-state index is 14.6. The molecule has 0 unspecified atom stereocenters. The summed E-state index contributed by atoms with van der Waals surface area (Å²) in [7, 11) is 0. The minimum absolute atomic E-state index is 0.00626. The number of para-hydroxylation sites is 1. The maximum absolute atomic E-state index is 14.6. The molecular weight excluding hydrogens is 911 g/mol. The molecule has 0 aliphatic heterocycles. The van der Waals surface area contributed by atoms with E-state index in [4.69, 9.17) is 15.0 Å². The minimum atomic E-state index is -5.15. The lowest BCUT2D eigenvalue weighted by Gasteiger charge is -2.22. The van der Waals surface area contributed by atoms with Gasteiger partial charge in [-0.2, -0.15) is 47.4 Å². The summed E-state index contributed by atoms with van der Waals surface area (Å²) >= 11 is 0. The molecule has 10 rings (SSSR count). The molecule has 338 valence electrons. The third-order valence-electron chi connectivity index (χ3n) is 12.0. The third kappa shape index (κ3) is 8.22. The summed E-state index contributed by atoms with van der Waals surface area (Å²) in [5.74, 6) is 0.886. The van der Waals surface area contributed by atoms with Crippen LogP contribution in [0.4, 0.5) is 26.3 Å². The SMILES string of the molecule is N#Cc1ccc(-c2cc(-c3nc(-c4ccccc4)nc(-c4ccccc4)n3)cc(-c3ccc(C#N)cc3C#N)c2-n2c3ccccc3c3cc(-c4ccc(C(F)(F)F)cc4C(F)(F)F)ccc32)c(C#N)c1. The summed E-state index contributed by atoms with van der Waals surface area (Å²) in [6.07, 6.45) is -10.2. The van der Waals surface area contributed by atoms with Crippen molar-refractivity contribution in [3.05, 3.63) is 203 Å². The predicted molar refractivity (Wildman–Crippen MR) is 256 cm³/mol. The second-order valence-corrected chi connectivity index (χ2v) is 16.3. The highest BCUT2D eigenvalue weighted by Gasteiger charge is 2.38. The van der Waals surface area contributed by atoms with Gasteiger partial charge in [-0.3, -0.25) is 0 Å². The quantitative estimate of drug-likeness (QED) is 0.145. The summed E-state index contributed by atoms with van der Waals surface area (Å²) in [5, 5.41) is 42.4. The molecule has 0 saturated heterocycles. The van der Waals surface area contributed by atoms with Gasteiger partial charge in [0.25, 0.3) is 0 Å². The Balaban J connectivity index is 1.35. The van der Waals surface area contributed by atoms with E-state index in [9.17, 15) is 47.4 Å². The van der Waals surface area contributed by atoms with Crippen LogP contribution in [0.3, 0.4) is 0 Å². The van der Waals surface area contributed by atoms with Gasteiger partial charge in [0.1, 0.15) is 0 Å². The first-order chi connectivity index (χ1) is 34.3. The molecule has 0 bridgehead atoms. The molecule has 0 spiro atoms. The van der Waals surface area contributed by atoms with Gasteiger partial charge in [-0.15, -0.1) is 0 Å². The number of hydrogen-bond donors (Lipinski definition) is 0. The molecular formula is C57H28F6N8. The third-order valence-corrected chi connectivity index (χ3v) is 12.0. The van der Waals surface area contributed by atoms with Crippen LogP contribution in [0.1, 0.15) is 33.4 Å². The highest BCUT2D eigenvalue weighted by Crippen LogP contribution is 2.47. The van der Waals surface area contributed by atoms with E-state index in [1.165, 1.54) is 24.3 Å². The summed E-state index contributed by atoms with van der Waals surface area (Å²) < 4.78 is 87.1. The van der Waals surface area contributed by atoms with Gasteiger partial charge in [0.05, 0.1) is 74.4 Å². The number of hydrogen-bond acceptors (Lipinski definition) is 7. The van der Waals surface area contributed by atoms with Gasteiger partial charge in [0.15, 0.2) is 17.5 Å². The standard InChI is InChI=1S/C57H28F6N8/c58-56(59,60)41-18-21-44(49(28-41)57(61,62)63)37-17-22-51-46(25-37)45-13-7-8-14-50(45)71(51)52-47(42-19-15-33(29-64)23-39(42)31-66)26-38(27-48(52)43-20-16-34(30-65)24-40(43)32-67)55-69-53(35-9-3-1-4-10-35)68-54(70-55)36-11-5-2-6-12-36/h1-28H. The minimum Gasteiger partial charge on any atom is -0.308 e. The topological polar surface area (TPSA) is 139 Å². The Morgan fingerprint density at radius 3 is 1.38 bits per heavy atom. The Morgan fingerprint density at radius 2 is 0.873 bits per heavy atom. The van der Waals surface area contributed by atoms with Gasteiger partial charge in [0.2, 0.25) is 0 Å². The largest absolute Gasteiger partial charge is 0.417 e. The molecule has 8 nitrogen and oxygen atoms in total. The summed E-state index contributed by atoms with van der Waals surface area (Å²) in [5.41, 5.74) is 1.78. The van der Waals surface area contributed by atoms with Gasteiger partial charge in [-0.25, -0.2) is 15.0 Å². The number of nitrogens with zero attached hydrogens (tertiary/aromatic N) is 8. The normalized spacial score (nSPS) is 11.5. The number of fused-ring (bicyclic) bond motifs is 3. The van der Waals surface area contributed by atoms with Crippen LogP contribution in [0, 0.1) is 45.3 Å². The number of halogens is 6. The Bertz CT molecular complexity index is 3810. The van der Waals surface area contributed by atoms with E-state index in [2.05, 4.69) is 24.3 Å². The fourth-order valence-corrected chi connectivity index (χ4v) is 8.82. The first kappa shape index (κ1) is 44.9. The van der Waals surface area contributed by atoms with E-state index in [0.29, 0.717) is 84.2 Å². The average molecular weight is 939 g/mol. The van der Waals surface area contributed by atoms with E-state index in [1.807, 2.05) is 65.2 Å². The first-order valence-corrected chi connectivity index (χ1v) is 21.5. The number of benzene rings is 8. The lowest BCUT2D eigenvalue weighted by atomic mass is 9.88. The molecule has 8 aromatic carbocycles. The first-order valence-electron chi connectivity index (χ1n) is 21.5. The van der Waals surface area contributed by atoms with Crippen LogP contribution in [0.5, 0.6) is 0 Å². The lowest BCUT2D eigenvalue weighted by Crippen LogP contribution is -2.12. The van der Waals surface area contributed by atoms with E-state index in [0.717, 1.165) is 6.07 Å². The Kier molecular flexibility index (Phi) is 11.2. The fraction of sp³-hybridized carbons (Fsp3) is 0.0351. The predicted octanol–water partition coefficient (Wildman–Crippen LogP) is 14.5. The van der Waals surface area contributed by atoms with Crippen LogP contribution in [0.25, 0.3) is 95.0 Å². The van der Waals surface area contributed by atoms with Crippen molar-refractivity contribution in [2.24, 2.45) is 0 Å². The van der Waals surface area contributed by atoms with Crippen LogP contribution in [-0.2, 0) is 12.4 Å². The van der Waals surface area contributed by atoms with Crippen molar-refractivity contribution in [3.63, 3.8) is 0 Å². The average Bonchev–Trinajstić information content (AvgIpc) is 3.72. The van der Waals surface area contributed by atoms with Crippen molar-refractivity contribution in [3.8, 4) is 97.5 Å². The smallest absolute Gasteiger partial charge is 0.308 e. The van der Waals surface area contributed by atoms with Crippen LogP contribution in [0.2, 0.25) is 0 Å². The van der Waals surface area contributed by atoms with Gasteiger partial charge < -0.3 is 4.57 Å². The molecule has 0 saturated carbocycles. The van der Waals surface area contributed by atoms with Crippen LogP contribution in [-0.4, -0.2) is 19.5 Å². The zero-order valence-corrected chi connectivity index (χ0v) is 36.5. The number of aromatic nitrogens is 4. The highest BCUT2D eigenvalue weighted by atomic mass is 19.4. The molecule has 0 N–H and O–H groups in total. The van der Waals surface area contributed by atoms with E-state index in [1.54, 1.807) is 66.7 Å². The molecule has 14 heteroatoms. The lowest BCUT2D eigenvalue weighted by molar-refractivity contribution is -0.142. The van der Waals surface area contributed by atoms with Crippen molar-refractivity contribution in [1.29, 1.82) is 21.0 Å². The molecule has 2 heterocycles. The second-order valence-electron chi connectivity index (χ2n) is 16.3. The van der Waals surface area contributed by atoms with Crippen molar-refractivity contribution in [2.75, 3.05) is 0 Å². The Morgan fingerprint density at radius 1 is 0.380 bits per heavy atom. The summed E-state index contributed by atoms with van der Waals surface area (Å²) in [6, 6.07) is 53.0. The van der Waals surface area contributed by atoms with E-state index >= 15 is 0 Å². The molecule has 0 amide bonds. The van der Waals surface area contributed by atoms with Gasteiger partial charge >= 0.3 is 12.4 Å². The number of rotatable bonds is 7. The van der Waals surface area contributed by atoms with E-state index < -0.39 is 29.0 Å². The zero-order valence-electron chi connectivity index (χ0n) is 36.5. The number of alkyl halides is 6. The maximum Gasteiger partial charge on any atom is 0.417 e. The molecule has 0 fully saturated rings. The van der Waals surface area contributed by atoms with Crippen molar-refractivity contribution in [1.82, 2.24) is 19.5 Å². The number of nitriles is 4. The molecule has 0 aliphatic carbocycles. The molecule has 0 aliphatic rings. The van der Waals surface area contributed by atoms with Crippen molar-refractivity contribution < 1.29 is 26.3 Å². The van der Waals surface area contributed by atoms with Gasteiger partial charge in [0, 0.05) is 49.7 Å². The van der Waals surface area contributed by atoms with Gasteiger partial charge in [-0.1, -0.05) is 103 Å². The second kappa shape index (κ2) is 17.6. The van der Waals surface area contributed by atoms with Crippen LogP contribution >= 0.6 is 0 Å². The molecule has 10 aromatic rings. The van der Waals surface area contributed by atoms with Crippen LogP contribution in [0.15, 0.2) is 170 Å².